The van der Waals surface area contributed by atoms with Crippen molar-refractivity contribution >= 4 is 44.5 Å². The van der Waals surface area contributed by atoms with Gasteiger partial charge in [0, 0.05) is 30.0 Å². The summed E-state index contributed by atoms with van der Waals surface area (Å²) < 4.78 is 55.4. The third kappa shape index (κ3) is 5.36. The molecule has 11 heteroatoms. The van der Waals surface area contributed by atoms with Gasteiger partial charge in [-0.25, -0.2) is 9.07 Å². The molecule has 1 fully saturated rings. The largest absolute Gasteiger partial charge is 0.416 e. The van der Waals surface area contributed by atoms with Crippen LogP contribution >= 0.6 is 27.0 Å². The van der Waals surface area contributed by atoms with Crippen molar-refractivity contribution in [2.24, 2.45) is 5.92 Å². The van der Waals surface area contributed by atoms with Crippen LogP contribution in [-0.2, 0) is 11.0 Å². The first-order valence-corrected chi connectivity index (χ1v) is 12.0. The molecule has 5 nitrogen and oxygen atoms in total. The maximum absolute atomic E-state index is 13.8. The molecule has 0 bridgehead atoms. The molecule has 2 aliphatic rings. The molecule has 0 N–H and O–H groups in total. The first kappa shape index (κ1) is 29.8. The Bertz CT molecular complexity index is 1340. The van der Waals surface area contributed by atoms with Crippen LogP contribution in [-0.4, -0.2) is 28.0 Å². The highest BCUT2D eigenvalue weighted by Crippen LogP contribution is 2.49. The summed E-state index contributed by atoms with van der Waals surface area (Å²) in [4.78, 5) is 28.7. The molecular weight excluding hydrogens is 538 g/mol. The number of rotatable bonds is 6. The molecule has 0 unspecified atom stereocenters. The van der Waals surface area contributed by atoms with Gasteiger partial charge in [0.15, 0.2) is 5.78 Å². The molecule has 0 radical (unpaired) electrons. The lowest BCUT2D eigenvalue weighted by molar-refractivity contribution is -0.137. The zero-order valence-corrected chi connectivity index (χ0v) is 22.8. The van der Waals surface area contributed by atoms with E-state index in [0.717, 1.165) is 30.5 Å². The lowest BCUT2D eigenvalue weighted by Gasteiger charge is -2.38. The number of hydrogen-bond acceptors (Lipinski definition) is 3. The second-order valence-corrected chi connectivity index (χ2v) is 9.42. The van der Waals surface area contributed by atoms with Gasteiger partial charge in [0.1, 0.15) is 11.6 Å². The van der Waals surface area contributed by atoms with E-state index in [-0.39, 0.29) is 50.9 Å². The number of alkyl halides is 3. The van der Waals surface area contributed by atoms with E-state index in [0.29, 0.717) is 23.6 Å². The van der Waals surface area contributed by atoms with Crippen molar-refractivity contribution in [3.8, 4) is 0 Å². The van der Waals surface area contributed by atoms with Crippen LogP contribution in [0.25, 0.3) is 0 Å². The number of anilines is 1. The molecule has 1 amide bonds. The number of nitrogens with zero attached hydrogens (tertiary/aromatic N) is 3. The summed E-state index contributed by atoms with van der Waals surface area (Å²) in [6, 6.07) is 10.2. The molecule has 0 spiro atoms. The maximum atomic E-state index is 13.8. The fourth-order valence-electron chi connectivity index (χ4n) is 5.17. The number of halogens is 4. The van der Waals surface area contributed by atoms with Crippen LogP contribution < -0.4 is 4.90 Å². The van der Waals surface area contributed by atoms with E-state index in [2.05, 4.69) is 0 Å². The Labute approximate surface area is 232 Å². The monoisotopic (exact) mass is 567 g/mol. The molecule has 2 heterocycles. The van der Waals surface area contributed by atoms with Gasteiger partial charge >= 0.3 is 6.18 Å². The molecule has 1 aliphatic heterocycles. The summed E-state index contributed by atoms with van der Waals surface area (Å²) in [5.41, 5.74) is 1.15. The van der Waals surface area contributed by atoms with Gasteiger partial charge in [-0.05, 0) is 56.5 Å². The first-order chi connectivity index (χ1) is 17.1. The molecule has 2 aromatic carbocycles. The van der Waals surface area contributed by atoms with Crippen molar-refractivity contribution in [3.05, 3.63) is 82.3 Å². The van der Waals surface area contributed by atoms with E-state index >= 15 is 0 Å². The zero-order valence-electron chi connectivity index (χ0n) is 20.8. The van der Waals surface area contributed by atoms with E-state index in [9.17, 15) is 27.2 Å². The summed E-state index contributed by atoms with van der Waals surface area (Å²) in [7, 11) is 0. The minimum atomic E-state index is -4.59. The number of fused-ring (bicyclic) bond motifs is 1. The SMILES string of the molecule is CCN1C(=O)[C@@H](CC(=O)c2cccc(C(F)(F)F)c2)[C@@H](c2ccc(F)cc2)c2c(C)nn(C3CC3)c21.S.S. The number of ketones is 1. The Kier molecular flexibility index (Phi) is 8.72. The van der Waals surface area contributed by atoms with Gasteiger partial charge in [-0.15, -0.1) is 0 Å². The second kappa shape index (κ2) is 11.1. The van der Waals surface area contributed by atoms with Crippen LogP contribution in [0.15, 0.2) is 48.5 Å². The average molecular weight is 568 g/mol. The standard InChI is InChI=1S/C27H25F4N3O2.2H2S/c1-3-33-25-23(15(2)32-34(25)20-11-12-20)24(16-7-9-19(28)10-8-16)21(26(33)36)14-22(35)17-5-4-6-18(13-17)27(29,30)31;;/h4-10,13,20-21,24H,3,11-12,14H2,1-2H3;2*1H2/t21-,24+;;/m0../s1. The highest BCUT2D eigenvalue weighted by atomic mass is 32.1. The van der Waals surface area contributed by atoms with Gasteiger partial charge in [0.25, 0.3) is 0 Å². The van der Waals surface area contributed by atoms with Gasteiger partial charge in [-0.3, -0.25) is 14.5 Å². The number of benzene rings is 2. The number of amides is 1. The summed E-state index contributed by atoms with van der Waals surface area (Å²) in [6.45, 7) is 4.04. The number of aryl methyl sites for hydroxylation is 1. The molecular formula is C27H29F4N3O2S2. The van der Waals surface area contributed by atoms with Crippen LogP contribution in [0.1, 0.15) is 70.9 Å². The highest BCUT2D eigenvalue weighted by Gasteiger charge is 2.46. The van der Waals surface area contributed by atoms with Gasteiger partial charge < -0.3 is 0 Å². The Morgan fingerprint density at radius 1 is 1.08 bits per heavy atom. The van der Waals surface area contributed by atoms with Crippen molar-refractivity contribution in [2.75, 3.05) is 11.4 Å². The molecule has 204 valence electrons. The van der Waals surface area contributed by atoms with Crippen molar-refractivity contribution in [1.82, 2.24) is 9.78 Å². The number of Topliss-reactive ketones (excluding diaryl/α,β-unsaturated/α-hetero) is 1. The van der Waals surface area contributed by atoms with E-state index in [4.69, 9.17) is 5.10 Å². The summed E-state index contributed by atoms with van der Waals surface area (Å²) in [6.07, 6.45) is -2.96. The lowest BCUT2D eigenvalue weighted by atomic mass is 9.74. The van der Waals surface area contributed by atoms with E-state index in [1.165, 1.54) is 24.3 Å². The summed E-state index contributed by atoms with van der Waals surface area (Å²) >= 11 is 0. The van der Waals surface area contributed by atoms with Gasteiger partial charge in [0.05, 0.1) is 23.2 Å². The van der Waals surface area contributed by atoms with Crippen LogP contribution in [0.2, 0.25) is 0 Å². The van der Waals surface area contributed by atoms with E-state index in [1.54, 1.807) is 17.0 Å². The summed E-state index contributed by atoms with van der Waals surface area (Å²) in [5.74, 6) is -2.05. The quantitative estimate of drug-likeness (QED) is 0.260. The third-order valence-electron chi connectivity index (χ3n) is 7.01. The van der Waals surface area contributed by atoms with E-state index in [1.807, 2.05) is 18.5 Å². The number of carbonyl (C=O) groups excluding carboxylic acids is 2. The Balaban J connectivity index is 0.00000200. The normalized spacial score (nSPS) is 18.9. The number of hydrogen-bond donors (Lipinski definition) is 0. The van der Waals surface area contributed by atoms with Crippen LogP contribution in [0.4, 0.5) is 23.4 Å². The summed E-state index contributed by atoms with van der Waals surface area (Å²) in [5, 5.41) is 4.73. The molecule has 1 aromatic heterocycles. The maximum Gasteiger partial charge on any atom is 0.416 e. The average Bonchev–Trinajstić information content (AvgIpc) is 3.63. The van der Waals surface area contributed by atoms with Gasteiger partial charge in [-0.2, -0.15) is 45.3 Å². The minimum Gasteiger partial charge on any atom is -0.297 e. The topological polar surface area (TPSA) is 55.2 Å². The Hall–Kier alpha value is -2.79. The first-order valence-electron chi connectivity index (χ1n) is 12.0. The van der Waals surface area contributed by atoms with Gasteiger partial charge in [0.2, 0.25) is 5.91 Å². The third-order valence-corrected chi connectivity index (χ3v) is 7.01. The van der Waals surface area contributed by atoms with Crippen LogP contribution in [0.5, 0.6) is 0 Å². The second-order valence-electron chi connectivity index (χ2n) is 9.42. The number of carbonyl (C=O) groups is 2. The van der Waals surface area contributed by atoms with Crippen molar-refractivity contribution in [3.63, 3.8) is 0 Å². The van der Waals surface area contributed by atoms with Crippen molar-refractivity contribution in [2.45, 2.75) is 51.2 Å². The molecule has 1 saturated carbocycles. The van der Waals surface area contributed by atoms with Crippen LogP contribution in [0.3, 0.4) is 0 Å². The fraction of sp³-hybridized carbons (Fsp3) is 0.370. The zero-order chi connectivity index (χ0) is 25.8. The fourth-order valence-corrected chi connectivity index (χ4v) is 5.17. The number of aromatic nitrogens is 2. The predicted molar refractivity (Wildman–Crippen MR) is 146 cm³/mol. The molecule has 5 rings (SSSR count). The molecule has 0 saturated heterocycles. The van der Waals surface area contributed by atoms with Crippen LogP contribution in [0, 0.1) is 18.7 Å². The van der Waals surface area contributed by atoms with Gasteiger partial charge in [-0.1, -0.05) is 24.3 Å². The Morgan fingerprint density at radius 3 is 2.32 bits per heavy atom. The molecule has 38 heavy (non-hydrogen) atoms. The lowest BCUT2D eigenvalue weighted by Crippen LogP contribution is -2.45. The van der Waals surface area contributed by atoms with E-state index < -0.39 is 35.2 Å². The van der Waals surface area contributed by atoms with Crippen molar-refractivity contribution < 1.29 is 27.2 Å². The van der Waals surface area contributed by atoms with Crippen molar-refractivity contribution in [1.29, 1.82) is 0 Å². The molecule has 1 aliphatic carbocycles. The predicted octanol–water partition coefficient (Wildman–Crippen LogP) is 6.30. The minimum absolute atomic E-state index is 0. The molecule has 2 atom stereocenters. The molecule has 3 aromatic rings. The highest BCUT2D eigenvalue weighted by molar-refractivity contribution is 7.59. The Morgan fingerprint density at radius 2 is 1.74 bits per heavy atom. The smallest absolute Gasteiger partial charge is 0.297 e.